The third kappa shape index (κ3) is 3.66. The maximum Gasteiger partial charge on any atom is 0.173 e. The lowest BCUT2D eigenvalue weighted by Gasteiger charge is -2.20. The van der Waals surface area contributed by atoms with Crippen molar-refractivity contribution in [2.24, 2.45) is 0 Å². The van der Waals surface area contributed by atoms with Gasteiger partial charge in [0.15, 0.2) is 11.6 Å². The third-order valence-corrected chi connectivity index (χ3v) is 4.08. The van der Waals surface area contributed by atoms with Crippen LogP contribution in [-0.4, -0.2) is 6.54 Å². The minimum atomic E-state index is -0.927. The minimum absolute atomic E-state index is 0.0739. The van der Waals surface area contributed by atoms with Gasteiger partial charge in [-0.15, -0.1) is 0 Å². The van der Waals surface area contributed by atoms with Crippen molar-refractivity contribution in [3.05, 3.63) is 69.4 Å². The summed E-state index contributed by atoms with van der Waals surface area (Å²) in [5.41, 5.74) is 1.10. The summed E-state index contributed by atoms with van der Waals surface area (Å²) in [5, 5.41) is 3.18. The van der Waals surface area contributed by atoms with Crippen LogP contribution in [0.15, 0.2) is 40.9 Å². The lowest BCUT2D eigenvalue weighted by molar-refractivity contribution is 0.488. The van der Waals surface area contributed by atoms with E-state index >= 15 is 0 Å². The highest BCUT2D eigenvalue weighted by Crippen LogP contribution is 2.30. The number of nitrogens with one attached hydrogen (secondary N) is 1. The van der Waals surface area contributed by atoms with E-state index < -0.39 is 11.6 Å². The highest BCUT2D eigenvalue weighted by atomic mass is 79.9. The normalized spacial score (nSPS) is 12.4. The minimum Gasteiger partial charge on any atom is -0.310 e. The van der Waals surface area contributed by atoms with E-state index in [0.29, 0.717) is 24.1 Å². The molecular formula is C16H15BrF3N. The van der Waals surface area contributed by atoms with Gasteiger partial charge < -0.3 is 5.32 Å². The van der Waals surface area contributed by atoms with Crippen LogP contribution < -0.4 is 5.32 Å². The van der Waals surface area contributed by atoms with Crippen LogP contribution in [0.25, 0.3) is 0 Å². The topological polar surface area (TPSA) is 12.0 Å². The average Bonchev–Trinajstić information content (AvgIpc) is 2.47. The smallest absolute Gasteiger partial charge is 0.173 e. The Labute approximate surface area is 130 Å². The van der Waals surface area contributed by atoms with Gasteiger partial charge in [0.2, 0.25) is 0 Å². The highest BCUT2D eigenvalue weighted by Gasteiger charge is 2.20. The molecule has 0 aliphatic rings. The van der Waals surface area contributed by atoms with Crippen molar-refractivity contribution in [1.82, 2.24) is 5.32 Å². The lowest BCUT2D eigenvalue weighted by Crippen LogP contribution is -2.24. The number of rotatable bonds is 5. The second-order valence-electron chi connectivity index (χ2n) is 4.67. The summed E-state index contributed by atoms with van der Waals surface area (Å²) in [6.07, 6.45) is 0.351. The summed E-state index contributed by atoms with van der Waals surface area (Å²) in [6.45, 7) is 2.53. The standard InChI is InChI=1S/C16H15BrF3N/c1-2-21-14(9-10-5-3-4-6-12(10)18)11-7-8-13(19)16(20)15(11)17/h3-8,14,21H,2,9H2,1H3. The van der Waals surface area contributed by atoms with Crippen molar-refractivity contribution in [3.8, 4) is 0 Å². The van der Waals surface area contributed by atoms with Crippen LogP contribution >= 0.6 is 15.9 Å². The van der Waals surface area contributed by atoms with Gasteiger partial charge in [-0.05, 0) is 52.2 Å². The van der Waals surface area contributed by atoms with Crippen LogP contribution in [-0.2, 0) is 6.42 Å². The molecule has 5 heteroatoms. The van der Waals surface area contributed by atoms with E-state index in [4.69, 9.17) is 0 Å². The summed E-state index contributed by atoms with van der Waals surface area (Å²) in [5.74, 6) is -2.14. The molecule has 0 aliphatic heterocycles. The Kier molecular flexibility index (Phi) is 5.42. The molecule has 2 aromatic rings. The van der Waals surface area contributed by atoms with Crippen molar-refractivity contribution in [2.45, 2.75) is 19.4 Å². The van der Waals surface area contributed by atoms with E-state index in [-0.39, 0.29) is 16.3 Å². The van der Waals surface area contributed by atoms with Gasteiger partial charge in [-0.2, -0.15) is 0 Å². The van der Waals surface area contributed by atoms with Gasteiger partial charge in [0.1, 0.15) is 5.82 Å². The molecule has 0 fully saturated rings. The molecule has 1 N–H and O–H groups in total. The molecule has 0 bridgehead atoms. The van der Waals surface area contributed by atoms with Crippen molar-refractivity contribution in [2.75, 3.05) is 6.54 Å². The molecule has 0 aliphatic carbocycles. The molecule has 0 heterocycles. The summed E-state index contributed by atoms with van der Waals surface area (Å²) in [4.78, 5) is 0. The zero-order valence-electron chi connectivity index (χ0n) is 11.5. The highest BCUT2D eigenvalue weighted by molar-refractivity contribution is 9.10. The predicted molar refractivity (Wildman–Crippen MR) is 80.6 cm³/mol. The Bertz CT molecular complexity index is 631. The first-order valence-electron chi connectivity index (χ1n) is 6.64. The molecule has 0 saturated carbocycles. The fraction of sp³-hybridized carbons (Fsp3) is 0.250. The molecule has 112 valence electrons. The van der Waals surface area contributed by atoms with Crippen LogP contribution in [0.2, 0.25) is 0 Å². The predicted octanol–water partition coefficient (Wildman–Crippen LogP) is 4.76. The van der Waals surface area contributed by atoms with Crippen LogP contribution in [0, 0.1) is 17.5 Å². The van der Waals surface area contributed by atoms with Crippen molar-refractivity contribution < 1.29 is 13.2 Å². The first kappa shape index (κ1) is 16.0. The molecule has 1 atom stereocenters. The number of hydrogen-bond acceptors (Lipinski definition) is 1. The number of likely N-dealkylation sites (N-methyl/N-ethyl adjacent to an activating group) is 1. The first-order chi connectivity index (χ1) is 10.0. The maximum absolute atomic E-state index is 13.8. The Hall–Kier alpha value is -1.33. The van der Waals surface area contributed by atoms with Gasteiger partial charge >= 0.3 is 0 Å². The Morgan fingerprint density at radius 3 is 2.43 bits per heavy atom. The van der Waals surface area contributed by atoms with E-state index in [1.54, 1.807) is 18.2 Å². The van der Waals surface area contributed by atoms with Gasteiger partial charge in [0.25, 0.3) is 0 Å². The SMILES string of the molecule is CCNC(Cc1ccccc1F)c1ccc(F)c(F)c1Br. The average molecular weight is 358 g/mol. The van der Waals surface area contributed by atoms with Crippen LogP contribution in [0.3, 0.4) is 0 Å². The lowest BCUT2D eigenvalue weighted by atomic mass is 9.98. The van der Waals surface area contributed by atoms with E-state index in [2.05, 4.69) is 21.2 Å². The van der Waals surface area contributed by atoms with Gasteiger partial charge in [-0.3, -0.25) is 0 Å². The van der Waals surface area contributed by atoms with Crippen LogP contribution in [0.1, 0.15) is 24.1 Å². The molecular weight excluding hydrogens is 343 g/mol. The first-order valence-corrected chi connectivity index (χ1v) is 7.44. The second kappa shape index (κ2) is 7.09. The second-order valence-corrected chi connectivity index (χ2v) is 5.46. The molecule has 0 spiro atoms. The Morgan fingerprint density at radius 2 is 1.76 bits per heavy atom. The van der Waals surface area contributed by atoms with Crippen molar-refractivity contribution in [3.63, 3.8) is 0 Å². The number of benzene rings is 2. The van der Waals surface area contributed by atoms with E-state index in [0.717, 1.165) is 6.07 Å². The Morgan fingerprint density at radius 1 is 1.05 bits per heavy atom. The zero-order valence-corrected chi connectivity index (χ0v) is 13.1. The van der Waals surface area contributed by atoms with Crippen LogP contribution in [0.5, 0.6) is 0 Å². The maximum atomic E-state index is 13.8. The zero-order chi connectivity index (χ0) is 15.4. The van der Waals surface area contributed by atoms with Gasteiger partial charge in [0.05, 0.1) is 4.47 Å². The molecule has 2 rings (SSSR count). The number of hydrogen-bond donors (Lipinski definition) is 1. The molecule has 0 amide bonds. The fourth-order valence-corrected chi connectivity index (χ4v) is 2.83. The summed E-state index contributed by atoms with van der Waals surface area (Å²) in [6, 6.07) is 8.73. The third-order valence-electron chi connectivity index (χ3n) is 3.27. The van der Waals surface area contributed by atoms with Gasteiger partial charge in [0, 0.05) is 6.04 Å². The van der Waals surface area contributed by atoms with Crippen LogP contribution in [0.4, 0.5) is 13.2 Å². The largest absolute Gasteiger partial charge is 0.310 e. The molecule has 1 unspecified atom stereocenters. The quantitative estimate of drug-likeness (QED) is 0.760. The summed E-state index contributed by atoms with van der Waals surface area (Å²) in [7, 11) is 0. The Balaban J connectivity index is 2.36. The molecule has 0 aromatic heterocycles. The summed E-state index contributed by atoms with van der Waals surface area (Å²) < 4.78 is 40.8. The molecule has 2 aromatic carbocycles. The van der Waals surface area contributed by atoms with Gasteiger partial charge in [-0.1, -0.05) is 31.2 Å². The fourth-order valence-electron chi connectivity index (χ4n) is 2.23. The molecule has 0 saturated heterocycles. The molecule has 0 radical (unpaired) electrons. The van der Waals surface area contributed by atoms with Crippen molar-refractivity contribution in [1.29, 1.82) is 0 Å². The van der Waals surface area contributed by atoms with E-state index in [9.17, 15) is 13.2 Å². The molecule has 1 nitrogen and oxygen atoms in total. The summed E-state index contributed by atoms with van der Waals surface area (Å²) >= 11 is 3.08. The van der Waals surface area contributed by atoms with Gasteiger partial charge in [-0.25, -0.2) is 13.2 Å². The number of halogens is 4. The van der Waals surface area contributed by atoms with E-state index in [1.165, 1.54) is 12.1 Å². The van der Waals surface area contributed by atoms with Crippen molar-refractivity contribution >= 4 is 15.9 Å². The molecule has 21 heavy (non-hydrogen) atoms. The van der Waals surface area contributed by atoms with E-state index in [1.807, 2.05) is 6.92 Å². The monoisotopic (exact) mass is 357 g/mol.